The van der Waals surface area contributed by atoms with Gasteiger partial charge >= 0.3 is 5.97 Å². The molecule has 0 radical (unpaired) electrons. The summed E-state index contributed by atoms with van der Waals surface area (Å²) in [5.41, 5.74) is 0.475. The highest BCUT2D eigenvalue weighted by Gasteiger charge is 2.39. The fourth-order valence-electron chi connectivity index (χ4n) is 2.53. The topological polar surface area (TPSA) is 37.3 Å². The van der Waals surface area contributed by atoms with Crippen LogP contribution in [-0.2, 0) is 4.79 Å². The number of rotatable bonds is 8. The molecule has 0 aliphatic rings. The Morgan fingerprint density at radius 1 is 1.00 bits per heavy atom. The average molecular weight is 329 g/mol. The van der Waals surface area contributed by atoms with Crippen molar-refractivity contribution in [3.63, 3.8) is 0 Å². The quantitative estimate of drug-likeness (QED) is 0.554. The number of carboxylic acids is 1. The van der Waals surface area contributed by atoms with Gasteiger partial charge < -0.3 is 5.11 Å². The molecule has 0 atom stereocenters. The van der Waals surface area contributed by atoms with Crippen LogP contribution in [0.2, 0.25) is 0 Å². The summed E-state index contributed by atoms with van der Waals surface area (Å²) in [5, 5.41) is 8.90. The molecule has 1 N–H and O–H groups in total. The van der Waals surface area contributed by atoms with Crippen LogP contribution in [0.15, 0.2) is 12.2 Å². The molecule has 22 heavy (non-hydrogen) atoms. The Morgan fingerprint density at radius 3 is 1.91 bits per heavy atom. The molecule has 0 amide bonds. The van der Waals surface area contributed by atoms with Crippen molar-refractivity contribution in [1.29, 1.82) is 0 Å². The molecule has 0 spiro atoms. The van der Waals surface area contributed by atoms with E-state index < -0.39 is 5.97 Å². The smallest absolute Gasteiger partial charge is 0.313 e. The molecular formula is C19H36O2S. The summed E-state index contributed by atoms with van der Waals surface area (Å²) in [4.78, 5) is 10.8. The SMILES string of the molecule is CC(C)(C)CC=CC(C)(C)C(C)(C)CC(C)(C)SCC(=O)O. The van der Waals surface area contributed by atoms with Gasteiger partial charge in [-0.05, 0) is 29.1 Å². The number of hydrogen-bond donors (Lipinski definition) is 1. The molecule has 0 unspecified atom stereocenters. The van der Waals surface area contributed by atoms with Crippen LogP contribution in [0.25, 0.3) is 0 Å². The Balaban J connectivity index is 4.91. The van der Waals surface area contributed by atoms with Gasteiger partial charge in [-0.15, -0.1) is 11.8 Å². The van der Waals surface area contributed by atoms with Gasteiger partial charge in [-0.25, -0.2) is 0 Å². The average Bonchev–Trinajstić information content (AvgIpc) is 2.22. The summed E-state index contributed by atoms with van der Waals surface area (Å²) in [6.45, 7) is 20.2. The molecule has 0 heterocycles. The first-order valence-electron chi connectivity index (χ1n) is 8.12. The first-order valence-corrected chi connectivity index (χ1v) is 9.10. The molecule has 2 nitrogen and oxygen atoms in total. The van der Waals surface area contributed by atoms with Gasteiger partial charge in [0.15, 0.2) is 0 Å². The van der Waals surface area contributed by atoms with Gasteiger partial charge in [-0.3, -0.25) is 4.79 Å². The van der Waals surface area contributed by atoms with E-state index in [-0.39, 0.29) is 21.3 Å². The molecule has 0 aromatic rings. The summed E-state index contributed by atoms with van der Waals surface area (Å²) in [7, 11) is 0. The van der Waals surface area contributed by atoms with Crippen molar-refractivity contribution in [2.45, 2.75) is 79.9 Å². The number of hydrogen-bond acceptors (Lipinski definition) is 2. The van der Waals surface area contributed by atoms with Crippen molar-refractivity contribution >= 4 is 17.7 Å². The van der Waals surface area contributed by atoms with Crippen LogP contribution in [0.5, 0.6) is 0 Å². The predicted octanol–water partition coefficient (Wildman–Crippen LogP) is 6.02. The maximum Gasteiger partial charge on any atom is 0.313 e. The lowest BCUT2D eigenvalue weighted by Gasteiger charge is -2.44. The molecule has 130 valence electrons. The highest BCUT2D eigenvalue weighted by Crippen LogP contribution is 2.48. The highest BCUT2D eigenvalue weighted by atomic mass is 32.2. The second-order valence-corrected chi connectivity index (χ2v) is 11.1. The Labute approximate surface area is 142 Å². The van der Waals surface area contributed by atoms with Crippen molar-refractivity contribution in [1.82, 2.24) is 0 Å². The molecule has 0 aliphatic heterocycles. The second kappa shape index (κ2) is 7.42. The van der Waals surface area contributed by atoms with Gasteiger partial charge in [0.05, 0.1) is 5.75 Å². The number of thioether (sulfide) groups is 1. The molecule has 0 aliphatic carbocycles. The van der Waals surface area contributed by atoms with Crippen molar-refractivity contribution in [3.05, 3.63) is 12.2 Å². The van der Waals surface area contributed by atoms with Gasteiger partial charge in [-0.2, -0.15) is 0 Å². The zero-order chi connectivity index (χ0) is 17.8. The Bertz CT molecular complexity index is 398. The summed E-state index contributed by atoms with van der Waals surface area (Å²) in [6, 6.07) is 0. The van der Waals surface area contributed by atoms with Crippen molar-refractivity contribution in [2.24, 2.45) is 16.2 Å². The van der Waals surface area contributed by atoms with Crippen LogP contribution >= 0.6 is 11.8 Å². The lowest BCUT2D eigenvalue weighted by Crippen LogP contribution is -2.37. The third kappa shape index (κ3) is 8.26. The standard InChI is InChI=1S/C19H36O2S/c1-16(2,3)11-10-12-17(4,5)18(6,7)14-19(8,9)22-13-15(20)21/h10,12H,11,13-14H2,1-9H3,(H,20,21). The van der Waals surface area contributed by atoms with E-state index in [4.69, 9.17) is 5.11 Å². The number of allylic oxidation sites excluding steroid dienone is 2. The molecule has 3 heteroatoms. The van der Waals surface area contributed by atoms with E-state index in [1.54, 1.807) is 0 Å². The van der Waals surface area contributed by atoms with Gasteiger partial charge in [0.25, 0.3) is 0 Å². The third-order valence-electron chi connectivity index (χ3n) is 4.46. The summed E-state index contributed by atoms with van der Waals surface area (Å²) in [6.07, 6.45) is 6.70. The lowest BCUT2D eigenvalue weighted by atomic mass is 9.64. The fraction of sp³-hybridized carbons (Fsp3) is 0.842. The minimum Gasteiger partial charge on any atom is -0.481 e. The normalized spacial score (nSPS) is 14.6. The summed E-state index contributed by atoms with van der Waals surface area (Å²) < 4.78 is -0.0446. The largest absolute Gasteiger partial charge is 0.481 e. The Hall–Kier alpha value is -0.440. The molecule has 0 saturated heterocycles. The van der Waals surface area contributed by atoms with E-state index >= 15 is 0 Å². The molecule has 0 bridgehead atoms. The minimum atomic E-state index is -0.736. The number of carboxylic acid groups (broad SMARTS) is 1. The molecule has 0 fully saturated rings. The highest BCUT2D eigenvalue weighted by molar-refractivity contribution is 8.01. The maximum absolute atomic E-state index is 10.8. The van der Waals surface area contributed by atoms with Gasteiger partial charge in [0.1, 0.15) is 0 Å². The molecule has 0 rings (SSSR count). The van der Waals surface area contributed by atoms with E-state index in [1.807, 2.05) is 0 Å². The lowest BCUT2D eigenvalue weighted by molar-refractivity contribution is -0.133. The zero-order valence-corrected chi connectivity index (χ0v) is 16.9. The molecule has 0 aromatic carbocycles. The number of carbonyl (C=O) groups is 1. The Morgan fingerprint density at radius 2 is 1.50 bits per heavy atom. The fourth-order valence-corrected chi connectivity index (χ4v) is 3.51. The van der Waals surface area contributed by atoms with E-state index in [0.717, 1.165) is 12.8 Å². The monoisotopic (exact) mass is 328 g/mol. The van der Waals surface area contributed by atoms with Crippen LogP contribution in [0, 0.1) is 16.2 Å². The van der Waals surface area contributed by atoms with Crippen molar-refractivity contribution < 1.29 is 9.90 Å². The van der Waals surface area contributed by atoms with Crippen LogP contribution in [0.4, 0.5) is 0 Å². The van der Waals surface area contributed by atoms with E-state index in [9.17, 15) is 4.79 Å². The number of aliphatic carboxylic acids is 1. The first kappa shape index (κ1) is 21.6. The molecular weight excluding hydrogens is 292 g/mol. The van der Waals surface area contributed by atoms with Crippen LogP contribution in [0.3, 0.4) is 0 Å². The van der Waals surface area contributed by atoms with Crippen molar-refractivity contribution in [3.8, 4) is 0 Å². The van der Waals surface area contributed by atoms with Gasteiger partial charge in [-0.1, -0.05) is 74.5 Å². The Kier molecular flexibility index (Phi) is 7.27. The van der Waals surface area contributed by atoms with Crippen LogP contribution in [0.1, 0.15) is 75.2 Å². The van der Waals surface area contributed by atoms with Crippen LogP contribution < -0.4 is 0 Å². The molecule has 0 saturated carbocycles. The third-order valence-corrected chi connectivity index (χ3v) is 5.78. The van der Waals surface area contributed by atoms with Gasteiger partial charge in [0.2, 0.25) is 0 Å². The summed E-state index contributed by atoms with van der Waals surface area (Å²) >= 11 is 1.53. The van der Waals surface area contributed by atoms with Crippen molar-refractivity contribution in [2.75, 3.05) is 5.75 Å². The van der Waals surface area contributed by atoms with Gasteiger partial charge in [0, 0.05) is 4.75 Å². The van der Waals surface area contributed by atoms with E-state index in [1.165, 1.54) is 11.8 Å². The minimum absolute atomic E-state index is 0.0446. The summed E-state index contributed by atoms with van der Waals surface area (Å²) in [5.74, 6) is -0.566. The van der Waals surface area contributed by atoms with Crippen LogP contribution in [-0.4, -0.2) is 21.6 Å². The zero-order valence-electron chi connectivity index (χ0n) is 16.0. The van der Waals surface area contributed by atoms with E-state index in [0.29, 0.717) is 5.41 Å². The van der Waals surface area contributed by atoms with E-state index in [2.05, 4.69) is 74.5 Å². The maximum atomic E-state index is 10.8. The first-order chi connectivity index (χ1) is 9.58. The predicted molar refractivity (Wildman–Crippen MR) is 99.6 cm³/mol. The second-order valence-electron chi connectivity index (χ2n) is 9.39. The molecule has 0 aromatic heterocycles.